The van der Waals surface area contributed by atoms with Gasteiger partial charge in [-0.05, 0) is 56.0 Å². The van der Waals surface area contributed by atoms with E-state index in [-0.39, 0.29) is 16.8 Å². The van der Waals surface area contributed by atoms with Crippen LogP contribution in [-0.2, 0) is 14.8 Å². The molecule has 0 aliphatic carbocycles. The van der Waals surface area contributed by atoms with Gasteiger partial charge in [0.05, 0.1) is 24.2 Å². The van der Waals surface area contributed by atoms with Crippen LogP contribution in [0, 0.1) is 20.8 Å². The number of hydrogen-bond donors (Lipinski definition) is 1. The Bertz CT molecular complexity index is 1030. The van der Waals surface area contributed by atoms with E-state index >= 15 is 0 Å². The molecule has 30 heavy (non-hydrogen) atoms. The summed E-state index contributed by atoms with van der Waals surface area (Å²) in [6, 6.07) is 10.9. The Labute approximate surface area is 179 Å². The predicted octanol–water partition coefficient (Wildman–Crippen LogP) is 3.51. The van der Waals surface area contributed by atoms with Crippen LogP contribution in [0.4, 0.5) is 0 Å². The van der Waals surface area contributed by atoms with Crippen LogP contribution in [-0.4, -0.2) is 44.9 Å². The summed E-state index contributed by atoms with van der Waals surface area (Å²) >= 11 is 0. The van der Waals surface area contributed by atoms with Gasteiger partial charge in [0, 0.05) is 18.7 Å². The molecule has 7 heteroatoms. The molecule has 3 rings (SSSR count). The Morgan fingerprint density at radius 2 is 1.77 bits per heavy atom. The first-order valence-electron chi connectivity index (χ1n) is 10.3. The maximum atomic E-state index is 13.1. The van der Waals surface area contributed by atoms with Crippen LogP contribution >= 0.6 is 0 Å². The number of nitrogens with zero attached hydrogens (tertiary/aromatic N) is 1. The van der Waals surface area contributed by atoms with Crippen molar-refractivity contribution in [1.82, 2.24) is 9.62 Å². The van der Waals surface area contributed by atoms with Gasteiger partial charge >= 0.3 is 0 Å². The van der Waals surface area contributed by atoms with Crippen molar-refractivity contribution in [1.29, 1.82) is 0 Å². The Morgan fingerprint density at radius 3 is 2.40 bits per heavy atom. The van der Waals surface area contributed by atoms with Gasteiger partial charge in [0.1, 0.15) is 0 Å². The first-order chi connectivity index (χ1) is 14.2. The van der Waals surface area contributed by atoms with Crippen molar-refractivity contribution in [3.8, 4) is 0 Å². The molecule has 1 saturated heterocycles. The summed E-state index contributed by atoms with van der Waals surface area (Å²) in [5.41, 5.74) is 4.34. The molecule has 6 nitrogen and oxygen atoms in total. The molecule has 1 N–H and O–H groups in total. The first kappa shape index (κ1) is 22.5. The molecule has 0 radical (unpaired) electrons. The highest BCUT2D eigenvalue weighted by atomic mass is 32.2. The number of amides is 1. The maximum Gasteiger partial charge on any atom is 0.251 e. The van der Waals surface area contributed by atoms with Crippen molar-refractivity contribution in [2.45, 2.75) is 45.1 Å². The van der Waals surface area contributed by atoms with Gasteiger partial charge in [-0.25, -0.2) is 8.42 Å². The van der Waals surface area contributed by atoms with Crippen LogP contribution in [0.2, 0.25) is 0 Å². The molecule has 1 unspecified atom stereocenters. The number of hydrogen-bond acceptors (Lipinski definition) is 4. The number of benzene rings is 2. The standard InChI is InChI=1S/C23H30N2O4S/c1-5-21(20-9-6-16(2)14-18(20)4)24-23(26)19-8-7-17(3)22(15-19)30(27,28)25-10-12-29-13-11-25/h6-9,14-15,21H,5,10-13H2,1-4H3,(H,24,26). The average Bonchev–Trinajstić information content (AvgIpc) is 2.73. The number of ether oxygens (including phenoxy) is 1. The third kappa shape index (κ3) is 4.74. The van der Waals surface area contributed by atoms with E-state index in [9.17, 15) is 13.2 Å². The lowest BCUT2D eigenvalue weighted by atomic mass is 9.97. The summed E-state index contributed by atoms with van der Waals surface area (Å²) < 4.78 is 32.9. The Balaban J connectivity index is 1.86. The van der Waals surface area contributed by atoms with E-state index in [0.29, 0.717) is 37.4 Å². The highest BCUT2D eigenvalue weighted by molar-refractivity contribution is 7.89. The van der Waals surface area contributed by atoms with Gasteiger partial charge in [0.25, 0.3) is 5.91 Å². The molecule has 0 bridgehead atoms. The molecule has 1 aliphatic heterocycles. The molecule has 1 heterocycles. The zero-order valence-corrected chi connectivity index (χ0v) is 18.9. The van der Waals surface area contributed by atoms with Crippen molar-refractivity contribution >= 4 is 15.9 Å². The normalized spacial score (nSPS) is 16.3. The molecule has 1 aliphatic rings. The van der Waals surface area contributed by atoms with Crippen molar-refractivity contribution in [2.24, 2.45) is 0 Å². The Kier molecular flexibility index (Phi) is 6.95. The molecule has 0 spiro atoms. The van der Waals surface area contributed by atoms with Gasteiger partial charge in [0.2, 0.25) is 10.0 Å². The molecular formula is C23H30N2O4S. The van der Waals surface area contributed by atoms with Crippen LogP contribution in [0.15, 0.2) is 41.3 Å². The van der Waals surface area contributed by atoms with Gasteiger partial charge in [0.15, 0.2) is 0 Å². The van der Waals surface area contributed by atoms with E-state index in [1.54, 1.807) is 19.1 Å². The zero-order chi connectivity index (χ0) is 21.9. The molecule has 1 fully saturated rings. The summed E-state index contributed by atoms with van der Waals surface area (Å²) in [6.07, 6.45) is 0.737. The van der Waals surface area contributed by atoms with E-state index < -0.39 is 10.0 Å². The number of sulfonamides is 1. The van der Waals surface area contributed by atoms with E-state index in [4.69, 9.17) is 4.74 Å². The SMILES string of the molecule is CCC(NC(=O)c1ccc(C)c(S(=O)(=O)N2CCOCC2)c1)c1ccc(C)cc1C. The molecule has 1 atom stereocenters. The van der Waals surface area contributed by atoms with Gasteiger partial charge in [-0.15, -0.1) is 0 Å². The molecule has 2 aromatic rings. The third-order valence-electron chi connectivity index (χ3n) is 5.55. The minimum Gasteiger partial charge on any atom is -0.379 e. The fourth-order valence-corrected chi connectivity index (χ4v) is 5.46. The fourth-order valence-electron chi connectivity index (χ4n) is 3.80. The van der Waals surface area contributed by atoms with Crippen LogP contribution in [0.3, 0.4) is 0 Å². The fraction of sp³-hybridized carbons (Fsp3) is 0.435. The lowest BCUT2D eigenvalue weighted by Gasteiger charge is -2.27. The van der Waals surface area contributed by atoms with E-state index in [0.717, 1.165) is 17.5 Å². The number of morpholine rings is 1. The molecule has 2 aromatic carbocycles. The quantitative estimate of drug-likeness (QED) is 0.761. The van der Waals surface area contributed by atoms with Gasteiger partial charge < -0.3 is 10.1 Å². The molecule has 162 valence electrons. The average molecular weight is 431 g/mol. The number of rotatable bonds is 6. The maximum absolute atomic E-state index is 13.1. The highest BCUT2D eigenvalue weighted by Crippen LogP contribution is 2.25. The van der Waals surface area contributed by atoms with E-state index in [1.165, 1.54) is 15.9 Å². The topological polar surface area (TPSA) is 75.7 Å². The second-order valence-electron chi connectivity index (χ2n) is 7.79. The van der Waals surface area contributed by atoms with Crippen LogP contribution in [0.1, 0.15) is 52.0 Å². The molecule has 1 amide bonds. The first-order valence-corrected chi connectivity index (χ1v) is 11.7. The Hall–Kier alpha value is -2.22. The minimum atomic E-state index is -3.67. The van der Waals surface area contributed by atoms with Gasteiger partial charge in [-0.3, -0.25) is 4.79 Å². The lowest BCUT2D eigenvalue weighted by Crippen LogP contribution is -2.41. The minimum absolute atomic E-state index is 0.140. The summed E-state index contributed by atoms with van der Waals surface area (Å²) in [4.78, 5) is 13.2. The van der Waals surface area contributed by atoms with E-state index in [2.05, 4.69) is 11.4 Å². The van der Waals surface area contributed by atoms with Crippen LogP contribution < -0.4 is 5.32 Å². The Morgan fingerprint density at radius 1 is 1.07 bits per heavy atom. The predicted molar refractivity (Wildman–Crippen MR) is 117 cm³/mol. The third-order valence-corrected chi connectivity index (χ3v) is 7.59. The number of nitrogens with one attached hydrogen (secondary N) is 1. The summed E-state index contributed by atoms with van der Waals surface area (Å²) in [5, 5.41) is 3.07. The molecular weight excluding hydrogens is 400 g/mol. The van der Waals surface area contributed by atoms with Gasteiger partial charge in [-0.1, -0.05) is 36.8 Å². The summed E-state index contributed by atoms with van der Waals surface area (Å²) in [7, 11) is -3.67. The number of carbonyl (C=O) groups is 1. The highest BCUT2D eigenvalue weighted by Gasteiger charge is 2.28. The molecule has 0 aromatic heterocycles. The molecule has 0 saturated carbocycles. The van der Waals surface area contributed by atoms with Crippen molar-refractivity contribution in [3.05, 3.63) is 64.2 Å². The largest absolute Gasteiger partial charge is 0.379 e. The van der Waals surface area contributed by atoms with Crippen LogP contribution in [0.25, 0.3) is 0 Å². The smallest absolute Gasteiger partial charge is 0.251 e. The lowest BCUT2D eigenvalue weighted by molar-refractivity contribution is 0.0730. The number of carbonyl (C=O) groups excluding carboxylic acids is 1. The van der Waals surface area contributed by atoms with Crippen molar-refractivity contribution in [2.75, 3.05) is 26.3 Å². The zero-order valence-electron chi connectivity index (χ0n) is 18.1. The van der Waals surface area contributed by atoms with Crippen molar-refractivity contribution in [3.63, 3.8) is 0 Å². The van der Waals surface area contributed by atoms with E-state index in [1.807, 2.05) is 32.9 Å². The summed E-state index contributed by atoms with van der Waals surface area (Å²) in [5.74, 6) is -0.278. The van der Waals surface area contributed by atoms with Crippen LogP contribution in [0.5, 0.6) is 0 Å². The summed E-state index contributed by atoms with van der Waals surface area (Å²) in [6.45, 7) is 9.26. The number of aryl methyl sites for hydroxylation is 3. The van der Waals surface area contributed by atoms with Crippen molar-refractivity contribution < 1.29 is 17.9 Å². The second kappa shape index (κ2) is 9.29. The monoisotopic (exact) mass is 430 g/mol. The van der Waals surface area contributed by atoms with Gasteiger partial charge in [-0.2, -0.15) is 4.31 Å². The second-order valence-corrected chi connectivity index (χ2v) is 9.70.